The Morgan fingerprint density at radius 2 is 1.82 bits per heavy atom. The van der Waals surface area contributed by atoms with Crippen molar-refractivity contribution in [2.45, 2.75) is 12.8 Å². The minimum absolute atomic E-state index is 0.110. The molecule has 0 unspecified atom stereocenters. The zero-order valence-electron chi connectivity index (χ0n) is 15.8. The zero-order chi connectivity index (χ0) is 19.8. The third-order valence-corrected chi connectivity index (χ3v) is 4.09. The van der Waals surface area contributed by atoms with Gasteiger partial charge >= 0.3 is 0 Å². The van der Waals surface area contributed by atoms with Crippen molar-refractivity contribution in [3.8, 4) is 23.1 Å². The average molecular weight is 378 g/mol. The number of rotatable bonds is 8. The number of pyridine rings is 1. The van der Waals surface area contributed by atoms with E-state index in [1.54, 1.807) is 32.5 Å². The molecule has 3 aromatic rings. The monoisotopic (exact) mass is 378 g/mol. The van der Waals surface area contributed by atoms with E-state index in [-0.39, 0.29) is 5.91 Å². The lowest BCUT2D eigenvalue weighted by molar-refractivity contribution is -0.116. The summed E-state index contributed by atoms with van der Waals surface area (Å²) in [5.41, 5.74) is 1.54. The summed E-state index contributed by atoms with van der Waals surface area (Å²) >= 11 is 0. The van der Waals surface area contributed by atoms with Crippen LogP contribution in [0, 0.1) is 0 Å². The van der Waals surface area contributed by atoms with E-state index in [1.807, 2.05) is 48.5 Å². The highest BCUT2D eigenvalue weighted by molar-refractivity contribution is 5.91. The van der Waals surface area contributed by atoms with E-state index in [0.29, 0.717) is 41.7 Å². The fourth-order valence-corrected chi connectivity index (χ4v) is 2.77. The van der Waals surface area contributed by atoms with Gasteiger partial charge in [-0.1, -0.05) is 30.3 Å². The van der Waals surface area contributed by atoms with E-state index in [2.05, 4.69) is 10.3 Å². The van der Waals surface area contributed by atoms with Gasteiger partial charge in [-0.3, -0.25) is 4.79 Å². The first kappa shape index (κ1) is 19.2. The van der Waals surface area contributed by atoms with Gasteiger partial charge < -0.3 is 19.5 Å². The van der Waals surface area contributed by atoms with Crippen LogP contribution in [0.1, 0.15) is 12.0 Å². The van der Waals surface area contributed by atoms with Gasteiger partial charge in [0.05, 0.1) is 14.2 Å². The number of ether oxygens (including phenoxy) is 3. The normalized spacial score (nSPS) is 10.2. The van der Waals surface area contributed by atoms with Crippen LogP contribution >= 0.6 is 0 Å². The number of benzene rings is 2. The Labute approximate surface area is 164 Å². The lowest BCUT2D eigenvalue weighted by atomic mass is 10.1. The Balaban J connectivity index is 1.60. The number of carbonyl (C=O) groups is 1. The predicted octanol–water partition coefficient (Wildman–Crippen LogP) is 4.46. The van der Waals surface area contributed by atoms with Gasteiger partial charge in [0.2, 0.25) is 11.8 Å². The summed E-state index contributed by atoms with van der Waals surface area (Å²) in [6, 6.07) is 18.4. The van der Waals surface area contributed by atoms with Crippen molar-refractivity contribution in [3.63, 3.8) is 0 Å². The van der Waals surface area contributed by atoms with E-state index in [4.69, 9.17) is 14.2 Å². The fraction of sp³-hybridized carbons (Fsp3) is 0.182. The van der Waals surface area contributed by atoms with Crippen molar-refractivity contribution in [2.24, 2.45) is 0 Å². The van der Waals surface area contributed by atoms with Gasteiger partial charge in [0.1, 0.15) is 5.75 Å². The van der Waals surface area contributed by atoms with E-state index in [9.17, 15) is 4.79 Å². The lowest BCUT2D eigenvalue weighted by Crippen LogP contribution is -2.12. The Kier molecular flexibility index (Phi) is 6.46. The highest BCUT2D eigenvalue weighted by Gasteiger charge is 2.11. The molecule has 1 N–H and O–H groups in total. The molecule has 0 spiro atoms. The summed E-state index contributed by atoms with van der Waals surface area (Å²) in [6.07, 6.45) is 2.43. The number of aryl methyl sites for hydroxylation is 1. The van der Waals surface area contributed by atoms with Gasteiger partial charge in [0.25, 0.3) is 0 Å². The van der Waals surface area contributed by atoms with Gasteiger partial charge in [-0.25, -0.2) is 4.98 Å². The topological polar surface area (TPSA) is 69.7 Å². The number of para-hydroxylation sites is 2. The molecule has 0 aliphatic heterocycles. The molecule has 0 saturated heterocycles. The van der Waals surface area contributed by atoms with Crippen molar-refractivity contribution in [2.75, 3.05) is 19.5 Å². The number of anilines is 1. The van der Waals surface area contributed by atoms with Crippen LogP contribution in [-0.4, -0.2) is 25.1 Å². The van der Waals surface area contributed by atoms with Crippen LogP contribution in [0.25, 0.3) is 0 Å². The number of aromatic nitrogens is 1. The van der Waals surface area contributed by atoms with E-state index in [1.165, 1.54) is 0 Å². The number of methoxy groups -OCH3 is 2. The van der Waals surface area contributed by atoms with Gasteiger partial charge in [0, 0.05) is 24.4 Å². The second kappa shape index (κ2) is 9.41. The third kappa shape index (κ3) is 5.01. The van der Waals surface area contributed by atoms with Gasteiger partial charge in [-0.15, -0.1) is 0 Å². The number of nitrogens with zero attached hydrogens (tertiary/aromatic N) is 1. The quantitative estimate of drug-likeness (QED) is 0.627. The van der Waals surface area contributed by atoms with Crippen LogP contribution in [0.4, 0.5) is 5.69 Å². The lowest BCUT2D eigenvalue weighted by Gasteiger charge is -2.12. The molecule has 0 radical (unpaired) electrons. The molecule has 6 heteroatoms. The van der Waals surface area contributed by atoms with Crippen LogP contribution in [0.2, 0.25) is 0 Å². The Hall–Kier alpha value is -3.54. The summed E-state index contributed by atoms with van der Waals surface area (Å²) in [7, 11) is 3.18. The number of hydrogen-bond acceptors (Lipinski definition) is 5. The van der Waals surface area contributed by atoms with Crippen molar-refractivity contribution < 1.29 is 19.0 Å². The van der Waals surface area contributed by atoms with E-state index >= 15 is 0 Å². The Morgan fingerprint density at radius 3 is 2.57 bits per heavy atom. The second-order valence-electron chi connectivity index (χ2n) is 6.00. The Morgan fingerprint density at radius 1 is 1.00 bits per heavy atom. The molecular weight excluding hydrogens is 356 g/mol. The number of amides is 1. The molecular formula is C22H22N2O4. The minimum atomic E-state index is -0.110. The summed E-state index contributed by atoms with van der Waals surface area (Å²) in [6.45, 7) is 0. The molecule has 144 valence electrons. The van der Waals surface area contributed by atoms with Crippen LogP contribution in [0.3, 0.4) is 0 Å². The molecule has 0 bridgehead atoms. The smallest absolute Gasteiger partial charge is 0.224 e. The molecule has 28 heavy (non-hydrogen) atoms. The largest absolute Gasteiger partial charge is 0.493 e. The molecule has 0 fully saturated rings. The number of hydrogen-bond donors (Lipinski definition) is 1. The minimum Gasteiger partial charge on any atom is -0.493 e. The predicted molar refractivity (Wildman–Crippen MR) is 107 cm³/mol. The highest BCUT2D eigenvalue weighted by atomic mass is 16.5. The first-order valence-corrected chi connectivity index (χ1v) is 8.88. The average Bonchev–Trinajstić information content (AvgIpc) is 2.72. The molecule has 1 aromatic heterocycles. The molecule has 0 aliphatic carbocycles. The van der Waals surface area contributed by atoms with Gasteiger partial charge in [0.15, 0.2) is 11.5 Å². The molecule has 1 heterocycles. The van der Waals surface area contributed by atoms with E-state index in [0.717, 1.165) is 5.56 Å². The van der Waals surface area contributed by atoms with Gasteiger partial charge in [-0.2, -0.15) is 0 Å². The zero-order valence-corrected chi connectivity index (χ0v) is 15.8. The summed E-state index contributed by atoms with van der Waals surface area (Å²) in [5, 5.41) is 2.87. The number of nitrogens with one attached hydrogen (secondary N) is 1. The van der Waals surface area contributed by atoms with Crippen LogP contribution in [-0.2, 0) is 11.2 Å². The summed E-state index contributed by atoms with van der Waals surface area (Å²) < 4.78 is 16.4. The third-order valence-electron chi connectivity index (χ3n) is 4.09. The SMILES string of the molecule is COc1cccc(CCC(=O)Nc2ccnc(Oc3ccccc3)c2)c1OC. The van der Waals surface area contributed by atoms with Crippen LogP contribution < -0.4 is 19.5 Å². The molecule has 3 rings (SSSR count). The molecule has 6 nitrogen and oxygen atoms in total. The maximum absolute atomic E-state index is 12.4. The van der Waals surface area contributed by atoms with Crippen molar-refractivity contribution in [1.82, 2.24) is 4.98 Å². The summed E-state index contributed by atoms with van der Waals surface area (Å²) in [4.78, 5) is 16.5. The van der Waals surface area contributed by atoms with Crippen molar-refractivity contribution in [3.05, 3.63) is 72.4 Å². The van der Waals surface area contributed by atoms with Gasteiger partial charge in [-0.05, 0) is 36.2 Å². The maximum atomic E-state index is 12.4. The maximum Gasteiger partial charge on any atom is 0.224 e. The number of carbonyl (C=O) groups excluding carboxylic acids is 1. The van der Waals surface area contributed by atoms with Crippen LogP contribution in [0.5, 0.6) is 23.1 Å². The molecule has 2 aromatic carbocycles. The highest BCUT2D eigenvalue weighted by Crippen LogP contribution is 2.31. The Bertz CT molecular complexity index is 929. The standard InChI is InChI=1S/C22H22N2O4/c1-26-19-10-6-7-16(22(19)27-2)11-12-20(25)24-17-13-14-23-21(15-17)28-18-8-4-3-5-9-18/h3-10,13-15H,11-12H2,1-2H3,(H,23,24,25). The molecule has 0 atom stereocenters. The molecule has 0 saturated carbocycles. The second-order valence-corrected chi connectivity index (χ2v) is 6.00. The first-order valence-electron chi connectivity index (χ1n) is 8.88. The van der Waals surface area contributed by atoms with Crippen LogP contribution in [0.15, 0.2) is 66.9 Å². The van der Waals surface area contributed by atoms with E-state index < -0.39 is 0 Å². The van der Waals surface area contributed by atoms with Crippen molar-refractivity contribution in [1.29, 1.82) is 0 Å². The van der Waals surface area contributed by atoms with Crippen molar-refractivity contribution >= 4 is 11.6 Å². The first-order chi connectivity index (χ1) is 13.7. The fourth-order valence-electron chi connectivity index (χ4n) is 2.77. The molecule has 0 aliphatic rings. The summed E-state index contributed by atoms with van der Waals surface area (Å²) in [5.74, 6) is 2.29. The molecule has 1 amide bonds.